The van der Waals surface area contributed by atoms with Gasteiger partial charge in [0.2, 0.25) is 0 Å². The highest BCUT2D eigenvalue weighted by atomic mass is 32.2. The van der Waals surface area contributed by atoms with E-state index >= 15 is 0 Å². The van der Waals surface area contributed by atoms with E-state index in [0.29, 0.717) is 25.2 Å². The predicted octanol–water partition coefficient (Wildman–Crippen LogP) is 1.72. The van der Waals surface area contributed by atoms with Gasteiger partial charge in [0.1, 0.15) is 9.84 Å². The third-order valence-electron chi connectivity index (χ3n) is 2.96. The largest absolute Gasteiger partial charge is 0.372 e. The number of rotatable bonds is 5. The van der Waals surface area contributed by atoms with Gasteiger partial charge in [-0.05, 0) is 23.6 Å². The smallest absolute Gasteiger partial charge is 0.162 e. The van der Waals surface area contributed by atoms with Crippen LogP contribution in [0.1, 0.15) is 34.3 Å². The summed E-state index contributed by atoms with van der Waals surface area (Å²) in [5.74, 6) is 0.0561. The first-order valence-corrected chi connectivity index (χ1v) is 7.92. The van der Waals surface area contributed by atoms with E-state index in [9.17, 15) is 13.2 Å². The minimum Gasteiger partial charge on any atom is -0.372 e. The van der Waals surface area contributed by atoms with Gasteiger partial charge in [0.15, 0.2) is 5.78 Å². The molecule has 0 spiro atoms. The van der Waals surface area contributed by atoms with E-state index in [4.69, 9.17) is 4.74 Å². The number of hydrogen-bond acceptors (Lipinski definition) is 4. The van der Waals surface area contributed by atoms with Crippen molar-refractivity contribution < 1.29 is 17.9 Å². The van der Waals surface area contributed by atoms with Crippen LogP contribution < -0.4 is 0 Å². The van der Waals surface area contributed by atoms with E-state index < -0.39 is 9.84 Å². The quantitative estimate of drug-likeness (QED) is 0.763. The maximum Gasteiger partial charge on any atom is 0.162 e. The Kier molecular flexibility index (Phi) is 3.82. The Morgan fingerprint density at radius 1 is 1.28 bits per heavy atom. The molecule has 0 fully saturated rings. The average Bonchev–Trinajstić information content (AvgIpc) is 2.73. The van der Waals surface area contributed by atoms with Crippen LogP contribution in [0.4, 0.5) is 0 Å². The van der Waals surface area contributed by atoms with Gasteiger partial charge in [-0.15, -0.1) is 0 Å². The van der Waals surface area contributed by atoms with Crippen LogP contribution in [0.25, 0.3) is 0 Å². The van der Waals surface area contributed by atoms with Gasteiger partial charge in [-0.1, -0.05) is 12.1 Å². The van der Waals surface area contributed by atoms with Crippen LogP contribution in [0.15, 0.2) is 18.2 Å². The molecule has 0 amide bonds. The van der Waals surface area contributed by atoms with E-state index in [2.05, 4.69) is 0 Å². The summed E-state index contributed by atoms with van der Waals surface area (Å²) in [4.78, 5) is 11.9. The Hall–Kier alpha value is -1.20. The van der Waals surface area contributed by atoms with Crippen LogP contribution >= 0.6 is 0 Å². The third-order valence-corrected chi connectivity index (χ3v) is 3.99. The summed E-state index contributed by atoms with van der Waals surface area (Å²) in [5, 5.41) is 0. The Morgan fingerprint density at radius 2 is 2.00 bits per heavy atom. The van der Waals surface area contributed by atoms with Crippen LogP contribution in [0.5, 0.6) is 0 Å². The van der Waals surface area contributed by atoms with Gasteiger partial charge in [-0.25, -0.2) is 8.42 Å². The molecule has 0 atom stereocenters. The molecule has 0 aliphatic carbocycles. The van der Waals surface area contributed by atoms with Crippen molar-refractivity contribution in [3.8, 4) is 0 Å². The molecule has 18 heavy (non-hydrogen) atoms. The Morgan fingerprint density at radius 3 is 2.72 bits per heavy atom. The topological polar surface area (TPSA) is 60.4 Å². The zero-order valence-corrected chi connectivity index (χ0v) is 11.1. The molecule has 98 valence electrons. The highest BCUT2D eigenvalue weighted by Gasteiger charge is 2.14. The van der Waals surface area contributed by atoms with Gasteiger partial charge in [0.25, 0.3) is 0 Å². The van der Waals surface area contributed by atoms with Gasteiger partial charge in [0, 0.05) is 18.2 Å². The number of benzene rings is 1. The predicted molar refractivity (Wildman–Crippen MR) is 68.2 cm³/mol. The summed E-state index contributed by atoms with van der Waals surface area (Å²) < 4.78 is 27.2. The second-order valence-corrected chi connectivity index (χ2v) is 6.89. The first-order chi connectivity index (χ1) is 8.46. The van der Waals surface area contributed by atoms with Crippen LogP contribution in [0, 0.1) is 0 Å². The number of hydrogen-bond donors (Lipinski definition) is 0. The summed E-state index contributed by atoms with van der Waals surface area (Å²) >= 11 is 0. The van der Waals surface area contributed by atoms with E-state index in [1.54, 1.807) is 6.07 Å². The standard InChI is InChI=1S/C13H16O4S/c1-18(15,16)6-2-3-13(14)10-4-5-11-8-17-9-12(11)7-10/h4-5,7H,2-3,6,8-9H2,1H3. The van der Waals surface area contributed by atoms with Crippen molar-refractivity contribution in [3.05, 3.63) is 34.9 Å². The van der Waals surface area contributed by atoms with E-state index in [0.717, 1.165) is 11.1 Å². The normalized spacial score (nSPS) is 14.5. The minimum atomic E-state index is -2.98. The third kappa shape index (κ3) is 3.40. The SMILES string of the molecule is CS(=O)(=O)CCCC(=O)c1ccc2c(c1)COC2. The summed E-state index contributed by atoms with van der Waals surface area (Å²) in [7, 11) is -2.98. The van der Waals surface area contributed by atoms with Crippen LogP contribution in [0.3, 0.4) is 0 Å². The van der Waals surface area contributed by atoms with Crippen molar-refractivity contribution in [1.82, 2.24) is 0 Å². The average molecular weight is 268 g/mol. The molecule has 1 aliphatic rings. The number of carbonyl (C=O) groups excluding carboxylic acids is 1. The molecule has 0 N–H and O–H groups in total. The first-order valence-electron chi connectivity index (χ1n) is 5.86. The molecule has 0 aromatic heterocycles. The molecule has 0 unspecified atom stereocenters. The monoisotopic (exact) mass is 268 g/mol. The zero-order valence-electron chi connectivity index (χ0n) is 10.3. The van der Waals surface area contributed by atoms with Crippen molar-refractivity contribution in [2.24, 2.45) is 0 Å². The Balaban J connectivity index is 1.97. The lowest BCUT2D eigenvalue weighted by Crippen LogP contribution is -2.07. The van der Waals surface area contributed by atoms with Crippen molar-refractivity contribution in [1.29, 1.82) is 0 Å². The molecule has 5 heteroatoms. The maximum absolute atomic E-state index is 11.9. The molecule has 0 bridgehead atoms. The van der Waals surface area contributed by atoms with Crippen molar-refractivity contribution in [3.63, 3.8) is 0 Å². The molecule has 1 aromatic carbocycles. The second kappa shape index (κ2) is 5.20. The maximum atomic E-state index is 11.9. The van der Waals surface area contributed by atoms with Gasteiger partial charge < -0.3 is 4.74 Å². The van der Waals surface area contributed by atoms with Crippen molar-refractivity contribution in [2.75, 3.05) is 12.0 Å². The van der Waals surface area contributed by atoms with Crippen LogP contribution in [-0.2, 0) is 27.8 Å². The highest BCUT2D eigenvalue weighted by Crippen LogP contribution is 2.21. The van der Waals surface area contributed by atoms with Gasteiger partial charge >= 0.3 is 0 Å². The molecule has 0 radical (unpaired) electrons. The summed E-state index contributed by atoms with van der Waals surface area (Å²) in [6.45, 7) is 1.16. The van der Waals surface area contributed by atoms with Crippen LogP contribution in [0.2, 0.25) is 0 Å². The summed E-state index contributed by atoms with van der Waals surface area (Å²) in [6, 6.07) is 5.55. The molecule has 1 aliphatic heterocycles. The number of sulfone groups is 1. The van der Waals surface area contributed by atoms with Crippen molar-refractivity contribution >= 4 is 15.6 Å². The van der Waals surface area contributed by atoms with Crippen LogP contribution in [-0.4, -0.2) is 26.2 Å². The fourth-order valence-electron chi connectivity index (χ4n) is 1.98. The minimum absolute atomic E-state index is 0.00616. The van der Waals surface area contributed by atoms with E-state index in [1.165, 1.54) is 6.26 Å². The van der Waals surface area contributed by atoms with E-state index in [1.807, 2.05) is 12.1 Å². The lowest BCUT2D eigenvalue weighted by molar-refractivity contribution is 0.0982. The zero-order chi connectivity index (χ0) is 13.2. The van der Waals surface area contributed by atoms with Gasteiger partial charge in [-0.3, -0.25) is 4.79 Å². The van der Waals surface area contributed by atoms with Gasteiger partial charge in [0.05, 0.1) is 19.0 Å². The molecule has 0 saturated carbocycles. The number of fused-ring (bicyclic) bond motifs is 1. The number of Topliss-reactive ketones (excluding diaryl/α,β-unsaturated/α-hetero) is 1. The fraction of sp³-hybridized carbons (Fsp3) is 0.462. The Labute approximate surface area is 107 Å². The molecular weight excluding hydrogens is 252 g/mol. The number of ketones is 1. The van der Waals surface area contributed by atoms with Gasteiger partial charge in [-0.2, -0.15) is 0 Å². The summed E-state index contributed by atoms with van der Waals surface area (Å²) in [6.07, 6.45) is 1.84. The second-order valence-electron chi connectivity index (χ2n) is 4.63. The molecule has 1 heterocycles. The molecular formula is C13H16O4S. The summed E-state index contributed by atoms with van der Waals surface area (Å²) in [5.41, 5.74) is 2.83. The lowest BCUT2D eigenvalue weighted by Gasteiger charge is -2.03. The molecule has 4 nitrogen and oxygen atoms in total. The first kappa shape index (κ1) is 13.2. The highest BCUT2D eigenvalue weighted by molar-refractivity contribution is 7.90. The molecule has 1 aromatic rings. The Bertz CT molecular complexity index is 560. The lowest BCUT2D eigenvalue weighted by atomic mass is 10.0. The van der Waals surface area contributed by atoms with E-state index in [-0.39, 0.29) is 18.0 Å². The molecule has 2 rings (SSSR count). The van der Waals surface area contributed by atoms with Crippen molar-refractivity contribution in [2.45, 2.75) is 26.1 Å². The fourth-order valence-corrected chi connectivity index (χ4v) is 2.65. The number of carbonyl (C=O) groups is 1. The molecule has 0 saturated heterocycles. The number of ether oxygens (including phenoxy) is 1.